The second-order valence-corrected chi connectivity index (χ2v) is 6.38. The molecule has 1 aliphatic rings. The molecular formula is C14H18BrN3O3. The second-order valence-electron chi connectivity index (χ2n) is 5.46. The average molecular weight is 356 g/mol. The molecule has 0 saturated carbocycles. The molecule has 2 rings (SSSR count). The first-order chi connectivity index (χ1) is 9.88. The van der Waals surface area contributed by atoms with Crippen LogP contribution in [0.25, 0.3) is 0 Å². The lowest BCUT2D eigenvalue weighted by atomic mass is 9.89. The highest BCUT2D eigenvalue weighted by molar-refractivity contribution is 9.10. The van der Waals surface area contributed by atoms with Crippen molar-refractivity contribution in [2.75, 3.05) is 6.54 Å². The number of nitrogens with one attached hydrogen (secondary N) is 2. The van der Waals surface area contributed by atoms with E-state index < -0.39 is 4.92 Å². The number of nitro groups is 1. The Morgan fingerprint density at radius 3 is 2.76 bits per heavy atom. The normalized spacial score (nSPS) is 25.4. The van der Waals surface area contributed by atoms with E-state index in [9.17, 15) is 14.9 Å². The second kappa shape index (κ2) is 6.53. The lowest BCUT2D eigenvalue weighted by molar-refractivity contribution is -0.385. The Balaban J connectivity index is 2.18. The highest BCUT2D eigenvalue weighted by Gasteiger charge is 2.29. The molecule has 0 aromatic heterocycles. The lowest BCUT2D eigenvalue weighted by Gasteiger charge is -2.36. The van der Waals surface area contributed by atoms with Crippen LogP contribution in [0.2, 0.25) is 0 Å². The van der Waals surface area contributed by atoms with Crippen molar-refractivity contribution >= 4 is 27.5 Å². The van der Waals surface area contributed by atoms with Crippen LogP contribution >= 0.6 is 15.9 Å². The smallest absolute Gasteiger partial charge is 0.271 e. The van der Waals surface area contributed by atoms with Crippen LogP contribution < -0.4 is 10.6 Å². The Bertz CT molecular complexity index is 554. The minimum atomic E-state index is -0.505. The minimum Gasteiger partial charge on any atom is -0.347 e. The third-order valence-electron chi connectivity index (χ3n) is 3.87. The largest absolute Gasteiger partial charge is 0.347 e. The van der Waals surface area contributed by atoms with Crippen LogP contribution in [0.15, 0.2) is 22.7 Å². The van der Waals surface area contributed by atoms with Crippen LogP contribution in [-0.2, 0) is 0 Å². The number of non-ortho nitro benzene ring substituents is 1. The average Bonchev–Trinajstić information content (AvgIpc) is 2.42. The fraction of sp³-hybridized carbons (Fsp3) is 0.500. The number of carbonyl (C=O) groups is 1. The third kappa shape index (κ3) is 3.79. The fourth-order valence-electron chi connectivity index (χ4n) is 2.65. The SMILES string of the molecule is CC1CCNC(C)C1NC(=O)c1cc(Br)cc([N+](=O)[O-])c1. The minimum absolute atomic E-state index is 0.0179. The van der Waals surface area contributed by atoms with Gasteiger partial charge in [-0.15, -0.1) is 0 Å². The van der Waals surface area contributed by atoms with Gasteiger partial charge in [-0.2, -0.15) is 0 Å². The van der Waals surface area contributed by atoms with E-state index in [1.165, 1.54) is 12.1 Å². The van der Waals surface area contributed by atoms with E-state index in [0.717, 1.165) is 13.0 Å². The summed E-state index contributed by atoms with van der Waals surface area (Å²) in [5.74, 6) is 0.0825. The first-order valence-corrected chi connectivity index (χ1v) is 7.67. The van der Waals surface area contributed by atoms with Gasteiger partial charge in [0.1, 0.15) is 0 Å². The van der Waals surface area contributed by atoms with Gasteiger partial charge in [-0.3, -0.25) is 14.9 Å². The topological polar surface area (TPSA) is 84.3 Å². The molecule has 0 spiro atoms. The molecule has 1 amide bonds. The molecule has 3 atom stereocenters. The summed E-state index contributed by atoms with van der Waals surface area (Å²) in [6.07, 6.45) is 0.994. The quantitative estimate of drug-likeness (QED) is 0.644. The van der Waals surface area contributed by atoms with Crippen molar-refractivity contribution < 1.29 is 9.72 Å². The molecule has 0 radical (unpaired) electrons. The molecule has 6 nitrogen and oxygen atoms in total. The molecule has 7 heteroatoms. The first kappa shape index (κ1) is 15.9. The number of rotatable bonds is 3. The summed E-state index contributed by atoms with van der Waals surface area (Å²) in [6.45, 7) is 5.08. The van der Waals surface area contributed by atoms with Crippen molar-refractivity contribution in [3.05, 3.63) is 38.3 Å². The zero-order valence-corrected chi connectivity index (χ0v) is 13.5. The summed E-state index contributed by atoms with van der Waals surface area (Å²) >= 11 is 3.20. The molecule has 1 fully saturated rings. The Hall–Kier alpha value is -1.47. The standard InChI is InChI=1S/C14H18BrN3O3/c1-8-3-4-16-9(2)13(8)17-14(19)10-5-11(15)7-12(6-10)18(20)21/h5-9,13,16H,3-4H2,1-2H3,(H,17,19). The van der Waals surface area contributed by atoms with Crippen molar-refractivity contribution in [2.24, 2.45) is 5.92 Å². The maximum absolute atomic E-state index is 12.3. The van der Waals surface area contributed by atoms with Gasteiger partial charge < -0.3 is 10.6 Å². The number of hydrogen-bond donors (Lipinski definition) is 2. The van der Waals surface area contributed by atoms with Gasteiger partial charge in [0.2, 0.25) is 0 Å². The van der Waals surface area contributed by atoms with Crippen molar-refractivity contribution in [1.29, 1.82) is 0 Å². The Morgan fingerprint density at radius 1 is 1.43 bits per heavy atom. The van der Waals surface area contributed by atoms with Crippen LogP contribution in [-0.4, -0.2) is 29.5 Å². The molecule has 0 aliphatic carbocycles. The molecule has 2 N–H and O–H groups in total. The highest BCUT2D eigenvalue weighted by atomic mass is 79.9. The van der Waals surface area contributed by atoms with Crippen molar-refractivity contribution in [1.82, 2.24) is 10.6 Å². The van der Waals surface area contributed by atoms with Crippen molar-refractivity contribution in [2.45, 2.75) is 32.4 Å². The summed E-state index contributed by atoms with van der Waals surface area (Å²) in [6, 6.07) is 4.47. The number of nitro benzene ring substituents is 1. The van der Waals surface area contributed by atoms with Crippen LogP contribution in [0, 0.1) is 16.0 Å². The number of benzene rings is 1. The highest BCUT2D eigenvalue weighted by Crippen LogP contribution is 2.22. The van der Waals surface area contributed by atoms with Crippen LogP contribution in [0.4, 0.5) is 5.69 Å². The van der Waals surface area contributed by atoms with Crippen LogP contribution in [0.1, 0.15) is 30.6 Å². The molecule has 1 heterocycles. The molecule has 1 aromatic carbocycles. The van der Waals surface area contributed by atoms with E-state index in [2.05, 4.69) is 33.5 Å². The van der Waals surface area contributed by atoms with Gasteiger partial charge in [-0.1, -0.05) is 22.9 Å². The molecular weight excluding hydrogens is 338 g/mol. The molecule has 1 aromatic rings. The van der Waals surface area contributed by atoms with E-state index in [4.69, 9.17) is 0 Å². The summed E-state index contributed by atoms with van der Waals surface area (Å²) < 4.78 is 0.518. The molecule has 114 valence electrons. The van der Waals surface area contributed by atoms with Crippen LogP contribution in [0.5, 0.6) is 0 Å². The van der Waals surface area contributed by atoms with Crippen LogP contribution in [0.3, 0.4) is 0 Å². The predicted octanol–water partition coefficient (Wildman–Crippen LogP) is 2.47. The first-order valence-electron chi connectivity index (χ1n) is 6.87. The van der Waals surface area contributed by atoms with Crippen molar-refractivity contribution in [3.8, 4) is 0 Å². The van der Waals surface area contributed by atoms with E-state index in [1.807, 2.05) is 6.92 Å². The van der Waals surface area contributed by atoms with Gasteiger partial charge in [-0.25, -0.2) is 0 Å². The number of amides is 1. The number of piperidine rings is 1. The predicted molar refractivity (Wildman–Crippen MR) is 83.3 cm³/mol. The van der Waals surface area contributed by atoms with Gasteiger partial charge in [0.15, 0.2) is 0 Å². The maximum atomic E-state index is 12.3. The Labute approximate surface area is 131 Å². The number of nitrogens with zero attached hydrogens (tertiary/aromatic N) is 1. The lowest BCUT2D eigenvalue weighted by Crippen LogP contribution is -2.55. The molecule has 0 bridgehead atoms. The molecule has 21 heavy (non-hydrogen) atoms. The van der Waals surface area contributed by atoms with Gasteiger partial charge >= 0.3 is 0 Å². The van der Waals surface area contributed by atoms with Gasteiger partial charge in [-0.05, 0) is 31.9 Å². The van der Waals surface area contributed by atoms with Gasteiger partial charge in [0, 0.05) is 34.3 Å². The van der Waals surface area contributed by atoms with Gasteiger partial charge in [0.25, 0.3) is 11.6 Å². The molecule has 1 aliphatic heterocycles. The summed E-state index contributed by atoms with van der Waals surface area (Å²) in [4.78, 5) is 22.7. The van der Waals surface area contributed by atoms with E-state index in [1.54, 1.807) is 6.07 Å². The molecule has 3 unspecified atom stereocenters. The van der Waals surface area contributed by atoms with Gasteiger partial charge in [0.05, 0.1) is 4.92 Å². The van der Waals surface area contributed by atoms with E-state index in [0.29, 0.717) is 16.0 Å². The summed E-state index contributed by atoms with van der Waals surface area (Å²) in [7, 11) is 0. The monoisotopic (exact) mass is 355 g/mol. The summed E-state index contributed by atoms with van der Waals surface area (Å²) in [5, 5.41) is 17.2. The number of carbonyl (C=O) groups excluding carboxylic acids is 1. The van der Waals surface area contributed by atoms with E-state index >= 15 is 0 Å². The molecule has 1 saturated heterocycles. The fourth-order valence-corrected chi connectivity index (χ4v) is 3.13. The third-order valence-corrected chi connectivity index (χ3v) is 4.33. The van der Waals surface area contributed by atoms with E-state index in [-0.39, 0.29) is 23.7 Å². The zero-order valence-electron chi connectivity index (χ0n) is 11.9. The number of halogens is 1. The summed E-state index contributed by atoms with van der Waals surface area (Å²) in [5.41, 5.74) is 0.193. The Kier molecular flexibility index (Phi) is 4.95. The zero-order chi connectivity index (χ0) is 15.6. The Morgan fingerprint density at radius 2 is 2.14 bits per heavy atom. The van der Waals surface area contributed by atoms with Crippen molar-refractivity contribution in [3.63, 3.8) is 0 Å². The number of hydrogen-bond acceptors (Lipinski definition) is 4. The maximum Gasteiger partial charge on any atom is 0.271 e.